The normalized spacial score (nSPS) is 10.5. The number of carbonyl (C=O) groups is 2. The van der Waals surface area contributed by atoms with Crippen molar-refractivity contribution in [3.05, 3.63) is 48.5 Å². The Hall–Kier alpha value is -3.02. The zero-order chi connectivity index (χ0) is 20.7. The standard InChI is InChI=1S/C22H29N3O3/c1-16(2)28-21-9-7-6-8-20(21)25(17(3)26)15-14-22(27)23-18-10-12-19(13-11-18)24(4)5/h6-13,16H,14-15H2,1-5H3,(H,23,27). The quantitative estimate of drug-likeness (QED) is 0.750. The van der Waals surface area contributed by atoms with Gasteiger partial charge < -0.3 is 19.9 Å². The number of para-hydroxylation sites is 2. The molecule has 0 saturated heterocycles. The lowest BCUT2D eigenvalue weighted by molar-refractivity contribution is -0.117. The molecule has 2 amide bonds. The number of hydrogen-bond donors (Lipinski definition) is 1. The van der Waals surface area contributed by atoms with Crippen LogP contribution < -0.4 is 19.9 Å². The van der Waals surface area contributed by atoms with Gasteiger partial charge >= 0.3 is 0 Å². The van der Waals surface area contributed by atoms with Gasteiger partial charge in [-0.1, -0.05) is 12.1 Å². The van der Waals surface area contributed by atoms with Crippen LogP contribution >= 0.6 is 0 Å². The van der Waals surface area contributed by atoms with Gasteiger partial charge in [0.1, 0.15) is 5.75 Å². The summed E-state index contributed by atoms with van der Waals surface area (Å²) < 4.78 is 5.81. The summed E-state index contributed by atoms with van der Waals surface area (Å²) in [5.74, 6) is 0.349. The van der Waals surface area contributed by atoms with Crippen molar-refractivity contribution in [2.75, 3.05) is 35.8 Å². The largest absolute Gasteiger partial charge is 0.489 e. The van der Waals surface area contributed by atoms with E-state index in [0.29, 0.717) is 11.4 Å². The average molecular weight is 383 g/mol. The first-order valence-electron chi connectivity index (χ1n) is 9.39. The minimum Gasteiger partial charge on any atom is -0.489 e. The predicted molar refractivity (Wildman–Crippen MR) is 114 cm³/mol. The molecule has 0 bridgehead atoms. The Morgan fingerprint density at radius 2 is 1.68 bits per heavy atom. The summed E-state index contributed by atoms with van der Waals surface area (Å²) in [6.07, 6.45) is 0.175. The van der Waals surface area contributed by atoms with Crippen molar-refractivity contribution in [2.45, 2.75) is 33.3 Å². The van der Waals surface area contributed by atoms with Gasteiger partial charge in [-0.15, -0.1) is 0 Å². The Morgan fingerprint density at radius 1 is 1.04 bits per heavy atom. The fourth-order valence-corrected chi connectivity index (χ4v) is 2.76. The lowest BCUT2D eigenvalue weighted by Crippen LogP contribution is -2.32. The second kappa shape index (κ2) is 9.78. The highest BCUT2D eigenvalue weighted by Crippen LogP contribution is 2.29. The highest BCUT2D eigenvalue weighted by atomic mass is 16.5. The molecule has 2 aromatic carbocycles. The molecule has 1 N–H and O–H groups in total. The maximum atomic E-state index is 12.4. The zero-order valence-corrected chi connectivity index (χ0v) is 17.2. The molecule has 0 unspecified atom stereocenters. The third-order valence-corrected chi connectivity index (χ3v) is 4.13. The lowest BCUT2D eigenvalue weighted by Gasteiger charge is -2.24. The number of amides is 2. The molecule has 0 saturated carbocycles. The molecule has 6 nitrogen and oxygen atoms in total. The van der Waals surface area contributed by atoms with Gasteiger partial charge in [0.25, 0.3) is 0 Å². The minimum absolute atomic E-state index is 0.0107. The molecular weight excluding hydrogens is 354 g/mol. The second-order valence-electron chi connectivity index (χ2n) is 7.04. The fourth-order valence-electron chi connectivity index (χ4n) is 2.76. The van der Waals surface area contributed by atoms with Crippen molar-refractivity contribution in [3.8, 4) is 5.75 Å². The Morgan fingerprint density at radius 3 is 2.25 bits per heavy atom. The van der Waals surface area contributed by atoms with Crippen LogP contribution in [0.4, 0.5) is 17.1 Å². The Labute approximate surface area is 167 Å². The molecular formula is C22H29N3O3. The summed E-state index contributed by atoms with van der Waals surface area (Å²) in [7, 11) is 3.93. The molecule has 0 spiro atoms. The summed E-state index contributed by atoms with van der Waals surface area (Å²) in [5, 5.41) is 2.87. The van der Waals surface area contributed by atoms with E-state index in [0.717, 1.165) is 11.4 Å². The molecule has 0 aliphatic heterocycles. The first-order valence-corrected chi connectivity index (χ1v) is 9.39. The van der Waals surface area contributed by atoms with Crippen LogP contribution in [0.1, 0.15) is 27.2 Å². The molecule has 150 valence electrons. The monoisotopic (exact) mass is 383 g/mol. The maximum absolute atomic E-state index is 12.4. The number of carbonyl (C=O) groups excluding carboxylic acids is 2. The number of anilines is 3. The highest BCUT2D eigenvalue weighted by Gasteiger charge is 2.18. The first kappa shape index (κ1) is 21.3. The van der Waals surface area contributed by atoms with Crippen molar-refractivity contribution in [1.29, 1.82) is 0 Å². The highest BCUT2D eigenvalue weighted by molar-refractivity contribution is 5.95. The third kappa shape index (κ3) is 6.01. The number of rotatable bonds is 8. The molecule has 0 aromatic heterocycles. The Bertz CT molecular complexity index is 801. The van der Waals surface area contributed by atoms with Crippen LogP contribution in [-0.2, 0) is 9.59 Å². The third-order valence-electron chi connectivity index (χ3n) is 4.13. The number of benzene rings is 2. The molecule has 0 fully saturated rings. The van der Waals surface area contributed by atoms with Crippen molar-refractivity contribution in [3.63, 3.8) is 0 Å². The molecule has 0 radical (unpaired) electrons. The van der Waals surface area contributed by atoms with E-state index in [4.69, 9.17) is 4.74 Å². The van der Waals surface area contributed by atoms with Crippen LogP contribution in [0.15, 0.2) is 48.5 Å². The van der Waals surface area contributed by atoms with Gasteiger partial charge in [0, 0.05) is 45.4 Å². The molecule has 0 heterocycles. The van der Waals surface area contributed by atoms with Gasteiger partial charge in [-0.3, -0.25) is 9.59 Å². The summed E-state index contributed by atoms with van der Waals surface area (Å²) in [6, 6.07) is 15.0. The molecule has 0 aliphatic rings. The Balaban J connectivity index is 2.03. The van der Waals surface area contributed by atoms with Crippen LogP contribution in [0.2, 0.25) is 0 Å². The molecule has 2 aromatic rings. The van der Waals surface area contributed by atoms with E-state index < -0.39 is 0 Å². The molecule has 28 heavy (non-hydrogen) atoms. The van der Waals surface area contributed by atoms with Gasteiger partial charge in [0.2, 0.25) is 11.8 Å². The minimum atomic E-state index is -0.147. The number of nitrogens with zero attached hydrogens (tertiary/aromatic N) is 2. The zero-order valence-electron chi connectivity index (χ0n) is 17.2. The predicted octanol–water partition coefficient (Wildman–Crippen LogP) is 3.92. The van der Waals surface area contributed by atoms with Crippen LogP contribution in [0, 0.1) is 0 Å². The second-order valence-corrected chi connectivity index (χ2v) is 7.04. The topological polar surface area (TPSA) is 61.9 Å². The fraction of sp³-hybridized carbons (Fsp3) is 0.364. The van der Waals surface area contributed by atoms with Crippen LogP contribution in [0.25, 0.3) is 0 Å². The van der Waals surface area contributed by atoms with Gasteiger partial charge in [-0.25, -0.2) is 0 Å². The van der Waals surface area contributed by atoms with E-state index in [1.54, 1.807) is 4.90 Å². The summed E-state index contributed by atoms with van der Waals surface area (Å²) >= 11 is 0. The summed E-state index contributed by atoms with van der Waals surface area (Å²) in [6.45, 7) is 5.63. The van der Waals surface area contributed by atoms with E-state index >= 15 is 0 Å². The van der Waals surface area contributed by atoms with Gasteiger partial charge in [-0.2, -0.15) is 0 Å². The van der Waals surface area contributed by atoms with E-state index in [9.17, 15) is 9.59 Å². The lowest BCUT2D eigenvalue weighted by atomic mass is 10.2. The molecule has 0 aliphatic carbocycles. The first-order chi connectivity index (χ1) is 13.3. The Kier molecular flexibility index (Phi) is 7.44. The van der Waals surface area contributed by atoms with Gasteiger partial charge in [-0.05, 0) is 50.2 Å². The maximum Gasteiger partial charge on any atom is 0.226 e. The van der Waals surface area contributed by atoms with Crippen molar-refractivity contribution in [2.24, 2.45) is 0 Å². The van der Waals surface area contributed by atoms with E-state index in [1.165, 1.54) is 6.92 Å². The number of ether oxygens (including phenoxy) is 1. The van der Waals surface area contributed by atoms with Crippen molar-refractivity contribution < 1.29 is 14.3 Å². The number of nitrogens with one attached hydrogen (secondary N) is 1. The van der Waals surface area contributed by atoms with Gasteiger partial charge in [0.15, 0.2) is 0 Å². The molecule has 2 rings (SSSR count). The van der Waals surface area contributed by atoms with E-state index in [-0.39, 0.29) is 30.9 Å². The van der Waals surface area contributed by atoms with Crippen LogP contribution in [0.3, 0.4) is 0 Å². The number of hydrogen-bond acceptors (Lipinski definition) is 4. The van der Waals surface area contributed by atoms with E-state index in [2.05, 4.69) is 5.32 Å². The SMILES string of the molecule is CC(=O)N(CCC(=O)Nc1ccc(N(C)C)cc1)c1ccccc1OC(C)C. The molecule has 6 heteroatoms. The smallest absolute Gasteiger partial charge is 0.226 e. The average Bonchev–Trinajstić information content (AvgIpc) is 2.63. The summed E-state index contributed by atoms with van der Waals surface area (Å²) in [4.78, 5) is 28.1. The molecule has 0 atom stereocenters. The van der Waals surface area contributed by atoms with E-state index in [1.807, 2.05) is 81.4 Å². The van der Waals surface area contributed by atoms with Crippen molar-refractivity contribution in [1.82, 2.24) is 0 Å². The van der Waals surface area contributed by atoms with Crippen molar-refractivity contribution >= 4 is 28.9 Å². The van der Waals surface area contributed by atoms with Crippen LogP contribution in [0.5, 0.6) is 5.75 Å². The van der Waals surface area contributed by atoms with Crippen LogP contribution in [-0.4, -0.2) is 38.6 Å². The van der Waals surface area contributed by atoms with Gasteiger partial charge in [0.05, 0.1) is 11.8 Å². The summed E-state index contributed by atoms with van der Waals surface area (Å²) in [5.41, 5.74) is 2.46.